The largest absolute Gasteiger partial charge is 0.375 e. The molecule has 0 fully saturated rings. The molecule has 0 amide bonds. The van der Waals surface area contributed by atoms with Gasteiger partial charge < -0.3 is 9.69 Å². The Morgan fingerprint density at radius 3 is 2.40 bits per heavy atom. The van der Waals surface area contributed by atoms with Crippen LogP contribution in [0, 0.1) is 6.92 Å². The Labute approximate surface area is 91.9 Å². The molecule has 0 N–H and O–H groups in total. The van der Waals surface area contributed by atoms with Gasteiger partial charge in [0.05, 0.1) is 0 Å². The number of carbonyl (C=O) groups excluding carboxylic acids is 1. The van der Waals surface area contributed by atoms with Gasteiger partial charge in [-0.15, -0.1) is 0 Å². The van der Waals surface area contributed by atoms with Crippen molar-refractivity contribution in [1.29, 1.82) is 0 Å². The number of anilines is 1. The summed E-state index contributed by atoms with van der Waals surface area (Å²) in [5.74, 6) is 0.271. The van der Waals surface area contributed by atoms with Crippen LogP contribution in [0.15, 0.2) is 24.3 Å². The average molecular weight is 205 g/mol. The van der Waals surface area contributed by atoms with Gasteiger partial charge in [-0.2, -0.15) is 0 Å². The molecule has 0 aliphatic carbocycles. The summed E-state index contributed by atoms with van der Waals surface area (Å²) in [6, 6.07) is 8.44. The molecule has 0 bridgehead atoms. The first-order chi connectivity index (χ1) is 7.09. The van der Waals surface area contributed by atoms with Crippen LogP contribution in [0.3, 0.4) is 0 Å². The van der Waals surface area contributed by atoms with Crippen LogP contribution in [0.1, 0.15) is 25.3 Å². The number of hydrogen-bond acceptors (Lipinski definition) is 2. The Morgan fingerprint density at radius 1 is 1.27 bits per heavy atom. The fourth-order valence-electron chi connectivity index (χ4n) is 1.49. The van der Waals surface area contributed by atoms with Gasteiger partial charge in [-0.3, -0.25) is 0 Å². The van der Waals surface area contributed by atoms with Crippen molar-refractivity contribution in [1.82, 2.24) is 0 Å². The van der Waals surface area contributed by atoms with Crippen molar-refractivity contribution in [3.05, 3.63) is 29.8 Å². The Hall–Kier alpha value is -1.31. The summed E-state index contributed by atoms with van der Waals surface area (Å²) in [6.45, 7) is 4.66. The van der Waals surface area contributed by atoms with Gasteiger partial charge >= 0.3 is 0 Å². The second-order valence-corrected chi connectivity index (χ2v) is 4.06. The lowest BCUT2D eigenvalue weighted by Gasteiger charge is -2.18. The van der Waals surface area contributed by atoms with Gasteiger partial charge in [-0.05, 0) is 32.4 Å². The lowest BCUT2D eigenvalue weighted by Crippen LogP contribution is -2.18. The van der Waals surface area contributed by atoms with Crippen molar-refractivity contribution >= 4 is 11.5 Å². The third-order valence-electron chi connectivity index (χ3n) is 2.50. The van der Waals surface area contributed by atoms with Crippen LogP contribution in [0.4, 0.5) is 5.69 Å². The first-order valence-corrected chi connectivity index (χ1v) is 5.37. The molecule has 0 saturated carbocycles. The summed E-state index contributed by atoms with van der Waals surface area (Å²) < 4.78 is 0. The average Bonchev–Trinajstić information content (AvgIpc) is 2.18. The van der Waals surface area contributed by atoms with Crippen LogP contribution in [0.2, 0.25) is 0 Å². The van der Waals surface area contributed by atoms with Crippen molar-refractivity contribution in [2.75, 3.05) is 18.5 Å². The third-order valence-corrected chi connectivity index (χ3v) is 2.50. The Balaban J connectivity index is 2.43. The lowest BCUT2D eigenvalue weighted by molar-refractivity contribution is -0.117. The molecule has 0 unspecified atom stereocenters. The molecule has 2 heteroatoms. The van der Waals surface area contributed by atoms with E-state index < -0.39 is 0 Å². The van der Waals surface area contributed by atoms with E-state index in [-0.39, 0.29) is 5.78 Å². The molecule has 1 aromatic rings. The highest BCUT2D eigenvalue weighted by molar-refractivity contribution is 5.75. The number of rotatable bonds is 5. The molecule has 0 spiro atoms. The number of hydrogen-bond donors (Lipinski definition) is 0. The van der Waals surface area contributed by atoms with E-state index in [2.05, 4.69) is 43.1 Å². The highest BCUT2D eigenvalue weighted by Crippen LogP contribution is 2.13. The van der Waals surface area contributed by atoms with Crippen LogP contribution in [-0.2, 0) is 4.79 Å². The molecule has 0 radical (unpaired) electrons. The maximum absolute atomic E-state index is 10.8. The van der Waals surface area contributed by atoms with Gasteiger partial charge in [0.2, 0.25) is 0 Å². The Kier molecular flexibility index (Phi) is 4.35. The van der Waals surface area contributed by atoms with Crippen LogP contribution >= 0.6 is 0 Å². The van der Waals surface area contributed by atoms with E-state index in [0.29, 0.717) is 6.42 Å². The van der Waals surface area contributed by atoms with Crippen molar-refractivity contribution in [2.45, 2.75) is 26.7 Å². The van der Waals surface area contributed by atoms with E-state index in [1.807, 2.05) is 0 Å². The minimum atomic E-state index is 0.271. The van der Waals surface area contributed by atoms with E-state index in [9.17, 15) is 4.79 Å². The van der Waals surface area contributed by atoms with E-state index in [4.69, 9.17) is 0 Å². The summed E-state index contributed by atoms with van der Waals surface area (Å²) in [4.78, 5) is 13.0. The molecule has 0 aliphatic rings. The van der Waals surface area contributed by atoms with Gasteiger partial charge in [-0.1, -0.05) is 17.7 Å². The summed E-state index contributed by atoms with van der Waals surface area (Å²) in [6.07, 6.45) is 1.61. The fourth-order valence-corrected chi connectivity index (χ4v) is 1.49. The monoisotopic (exact) mass is 205 g/mol. The highest BCUT2D eigenvalue weighted by atomic mass is 16.1. The molecule has 15 heavy (non-hydrogen) atoms. The zero-order chi connectivity index (χ0) is 11.3. The number of carbonyl (C=O) groups is 1. The Bertz CT molecular complexity index is 316. The third kappa shape index (κ3) is 4.15. The molecule has 1 aromatic carbocycles. The molecule has 2 nitrogen and oxygen atoms in total. The highest BCUT2D eigenvalue weighted by Gasteiger charge is 2.00. The van der Waals surface area contributed by atoms with Crippen molar-refractivity contribution in [2.24, 2.45) is 0 Å². The first-order valence-electron chi connectivity index (χ1n) is 5.37. The normalized spacial score (nSPS) is 10.1. The van der Waals surface area contributed by atoms with E-state index in [0.717, 1.165) is 13.0 Å². The van der Waals surface area contributed by atoms with Crippen molar-refractivity contribution < 1.29 is 4.79 Å². The second-order valence-electron chi connectivity index (χ2n) is 4.06. The van der Waals surface area contributed by atoms with E-state index in [1.54, 1.807) is 6.92 Å². The Morgan fingerprint density at radius 2 is 1.87 bits per heavy atom. The predicted molar refractivity (Wildman–Crippen MR) is 64.4 cm³/mol. The van der Waals surface area contributed by atoms with Gasteiger partial charge in [0.25, 0.3) is 0 Å². The van der Waals surface area contributed by atoms with Gasteiger partial charge in [0.15, 0.2) is 0 Å². The van der Waals surface area contributed by atoms with Crippen molar-refractivity contribution in [3.63, 3.8) is 0 Å². The predicted octanol–water partition coefficient (Wildman–Crippen LogP) is 2.80. The molecule has 0 aromatic heterocycles. The maximum atomic E-state index is 10.8. The van der Waals surface area contributed by atoms with Crippen LogP contribution < -0.4 is 4.90 Å². The minimum Gasteiger partial charge on any atom is -0.375 e. The SMILES string of the molecule is CC(=O)CCCN(C)c1ccc(C)cc1. The summed E-state index contributed by atoms with van der Waals surface area (Å²) in [5.41, 5.74) is 2.49. The van der Waals surface area contributed by atoms with Crippen LogP contribution in [0.25, 0.3) is 0 Å². The maximum Gasteiger partial charge on any atom is 0.129 e. The standard InChI is InChI=1S/C13H19NO/c1-11-6-8-13(9-7-11)14(3)10-4-5-12(2)15/h6-9H,4-5,10H2,1-3H3. The zero-order valence-electron chi connectivity index (χ0n) is 9.79. The van der Waals surface area contributed by atoms with Crippen LogP contribution in [0.5, 0.6) is 0 Å². The van der Waals surface area contributed by atoms with Gasteiger partial charge in [-0.25, -0.2) is 0 Å². The van der Waals surface area contributed by atoms with Crippen molar-refractivity contribution in [3.8, 4) is 0 Å². The number of Topliss-reactive ketones (excluding diaryl/α,β-unsaturated/α-hetero) is 1. The molecule has 0 saturated heterocycles. The van der Waals surface area contributed by atoms with E-state index >= 15 is 0 Å². The molecular weight excluding hydrogens is 186 g/mol. The molecular formula is C13H19NO. The molecule has 0 heterocycles. The summed E-state index contributed by atoms with van der Waals surface area (Å²) in [5, 5.41) is 0. The molecule has 82 valence electrons. The second kappa shape index (κ2) is 5.54. The zero-order valence-corrected chi connectivity index (χ0v) is 9.79. The topological polar surface area (TPSA) is 20.3 Å². The number of nitrogens with zero attached hydrogens (tertiary/aromatic N) is 1. The smallest absolute Gasteiger partial charge is 0.129 e. The minimum absolute atomic E-state index is 0.271. The fraction of sp³-hybridized carbons (Fsp3) is 0.462. The van der Waals surface area contributed by atoms with E-state index in [1.165, 1.54) is 11.3 Å². The molecule has 0 aliphatic heterocycles. The number of aryl methyl sites for hydroxylation is 1. The molecule has 1 rings (SSSR count). The van der Waals surface area contributed by atoms with Gasteiger partial charge in [0.1, 0.15) is 5.78 Å². The number of ketones is 1. The summed E-state index contributed by atoms with van der Waals surface area (Å²) in [7, 11) is 2.06. The first kappa shape index (κ1) is 11.8. The summed E-state index contributed by atoms with van der Waals surface area (Å²) >= 11 is 0. The quantitative estimate of drug-likeness (QED) is 0.736. The van der Waals surface area contributed by atoms with Crippen LogP contribution in [-0.4, -0.2) is 19.4 Å². The number of benzene rings is 1. The van der Waals surface area contributed by atoms with Gasteiger partial charge in [0, 0.05) is 25.7 Å². The lowest BCUT2D eigenvalue weighted by atomic mass is 10.2. The molecule has 0 atom stereocenters.